The third-order valence-corrected chi connectivity index (χ3v) is 5.58. The molecule has 2 aromatic carbocycles. The Kier molecular flexibility index (Phi) is 7.97. The fourth-order valence-corrected chi connectivity index (χ4v) is 3.47. The van der Waals surface area contributed by atoms with Crippen molar-refractivity contribution in [3.8, 4) is 5.75 Å². The lowest BCUT2D eigenvalue weighted by Crippen LogP contribution is -2.15. The molecule has 0 spiro atoms. The summed E-state index contributed by atoms with van der Waals surface area (Å²) in [4.78, 5) is 9.44. The summed E-state index contributed by atoms with van der Waals surface area (Å²) in [6.45, 7) is 13.7. The lowest BCUT2D eigenvalue weighted by Gasteiger charge is -2.17. The number of hydrogen-bond donors (Lipinski definition) is 2. The van der Waals surface area contributed by atoms with Gasteiger partial charge in [0.2, 0.25) is 10.0 Å². The van der Waals surface area contributed by atoms with Crippen LogP contribution >= 0.6 is 0 Å². The van der Waals surface area contributed by atoms with Crippen LogP contribution in [0.3, 0.4) is 0 Å². The SMILES string of the molecule is CCC(C)=Nc1ccc(C)c(N=C(C)Nc2cc(S(N)(=O)=O)ccc2OC(C)C)c1C. The first-order valence-corrected chi connectivity index (χ1v) is 11.8. The standard InChI is InChI=1S/C23H32N4O3S/c1-8-16(5)25-20-11-9-15(4)23(17(20)6)27-18(7)26-21-13-19(31(24,28)29)10-12-22(21)30-14(2)3/h9-14H,8H2,1-7H3,(H,26,27)(H2,24,28,29). The fourth-order valence-electron chi connectivity index (χ4n) is 2.93. The maximum atomic E-state index is 11.8. The van der Waals surface area contributed by atoms with Crippen LogP contribution in [0.5, 0.6) is 5.75 Å². The number of primary sulfonamides is 1. The van der Waals surface area contributed by atoms with Gasteiger partial charge in [0.05, 0.1) is 28.1 Å². The molecule has 0 aliphatic rings. The van der Waals surface area contributed by atoms with E-state index in [-0.39, 0.29) is 11.0 Å². The monoisotopic (exact) mass is 444 g/mol. The molecule has 3 N–H and O–H groups in total. The smallest absolute Gasteiger partial charge is 0.238 e. The lowest BCUT2D eigenvalue weighted by atomic mass is 10.1. The van der Waals surface area contributed by atoms with Gasteiger partial charge >= 0.3 is 0 Å². The van der Waals surface area contributed by atoms with Gasteiger partial charge in [-0.2, -0.15) is 0 Å². The number of nitrogens with two attached hydrogens (primary N) is 1. The van der Waals surface area contributed by atoms with Crippen LogP contribution in [0.2, 0.25) is 0 Å². The summed E-state index contributed by atoms with van der Waals surface area (Å²) in [6.07, 6.45) is 0.796. The van der Waals surface area contributed by atoms with Gasteiger partial charge in [-0.15, -0.1) is 0 Å². The Morgan fingerprint density at radius 2 is 1.81 bits per heavy atom. The highest BCUT2D eigenvalue weighted by Gasteiger charge is 2.14. The highest BCUT2D eigenvalue weighted by Crippen LogP contribution is 2.33. The highest BCUT2D eigenvalue weighted by atomic mass is 32.2. The summed E-state index contributed by atoms with van der Waals surface area (Å²) in [7, 11) is -3.85. The Bertz CT molecular complexity index is 1120. The molecule has 0 aliphatic heterocycles. The van der Waals surface area contributed by atoms with E-state index < -0.39 is 10.0 Å². The van der Waals surface area contributed by atoms with Gasteiger partial charge in [-0.05, 0) is 77.8 Å². The molecule has 0 aliphatic carbocycles. The molecular formula is C23H32N4O3S. The van der Waals surface area contributed by atoms with Crippen molar-refractivity contribution in [2.75, 3.05) is 5.32 Å². The number of aliphatic imine (C=N–C) groups is 2. The predicted octanol–water partition coefficient (Wildman–Crippen LogP) is 5.40. The van der Waals surface area contributed by atoms with E-state index in [2.05, 4.69) is 17.2 Å². The lowest BCUT2D eigenvalue weighted by molar-refractivity contribution is 0.243. The molecule has 0 unspecified atom stereocenters. The second kappa shape index (κ2) is 10.1. The van der Waals surface area contributed by atoms with Gasteiger partial charge in [0.15, 0.2) is 0 Å². The normalized spacial score (nSPS) is 12.9. The fraction of sp³-hybridized carbons (Fsp3) is 0.391. The summed E-state index contributed by atoms with van der Waals surface area (Å²) in [6, 6.07) is 8.47. The number of hydrogen-bond acceptors (Lipinski definition) is 5. The van der Waals surface area contributed by atoms with Gasteiger partial charge in [-0.25, -0.2) is 18.5 Å². The van der Waals surface area contributed by atoms with Crippen LogP contribution in [-0.4, -0.2) is 26.1 Å². The van der Waals surface area contributed by atoms with E-state index in [1.807, 2.05) is 53.7 Å². The van der Waals surface area contributed by atoms with Crippen LogP contribution in [-0.2, 0) is 10.0 Å². The molecule has 8 heteroatoms. The van der Waals surface area contributed by atoms with Crippen LogP contribution in [0.25, 0.3) is 0 Å². The maximum absolute atomic E-state index is 11.8. The Labute approximate surface area is 185 Å². The number of amidine groups is 1. The molecule has 0 atom stereocenters. The molecule has 0 bridgehead atoms. The Morgan fingerprint density at radius 1 is 1.13 bits per heavy atom. The van der Waals surface area contributed by atoms with Gasteiger partial charge in [0.25, 0.3) is 0 Å². The number of nitrogens with zero attached hydrogens (tertiary/aromatic N) is 2. The van der Waals surface area contributed by atoms with E-state index in [0.717, 1.165) is 34.6 Å². The highest BCUT2D eigenvalue weighted by molar-refractivity contribution is 7.89. The molecule has 2 rings (SSSR count). The number of ether oxygens (including phenoxy) is 1. The molecular weight excluding hydrogens is 412 g/mol. The first-order valence-electron chi connectivity index (χ1n) is 10.2. The van der Waals surface area contributed by atoms with E-state index in [4.69, 9.17) is 14.9 Å². The van der Waals surface area contributed by atoms with Crippen molar-refractivity contribution in [1.82, 2.24) is 0 Å². The second-order valence-corrected chi connectivity index (χ2v) is 9.33. The summed E-state index contributed by atoms with van der Waals surface area (Å²) in [5.41, 5.74) is 5.23. The molecule has 0 saturated carbocycles. The topological polar surface area (TPSA) is 106 Å². The summed E-state index contributed by atoms with van der Waals surface area (Å²) >= 11 is 0. The average molecular weight is 445 g/mol. The Morgan fingerprint density at radius 3 is 2.39 bits per heavy atom. The molecule has 0 fully saturated rings. The van der Waals surface area contributed by atoms with Gasteiger partial charge in [0.1, 0.15) is 11.6 Å². The van der Waals surface area contributed by atoms with E-state index in [1.54, 1.807) is 6.07 Å². The molecule has 0 amide bonds. The molecule has 7 nitrogen and oxygen atoms in total. The van der Waals surface area contributed by atoms with Crippen molar-refractivity contribution < 1.29 is 13.2 Å². The zero-order valence-corrected chi connectivity index (χ0v) is 20.1. The van der Waals surface area contributed by atoms with Crippen molar-refractivity contribution in [3.63, 3.8) is 0 Å². The molecule has 0 aromatic heterocycles. The minimum absolute atomic E-state index is 0.00218. The van der Waals surface area contributed by atoms with Gasteiger partial charge in [0, 0.05) is 11.3 Å². The number of sulfonamides is 1. The summed E-state index contributed by atoms with van der Waals surface area (Å²) < 4.78 is 29.4. The number of anilines is 1. The van der Waals surface area contributed by atoms with E-state index in [1.165, 1.54) is 12.1 Å². The van der Waals surface area contributed by atoms with Crippen molar-refractivity contribution >= 4 is 38.6 Å². The first-order chi connectivity index (χ1) is 14.4. The predicted molar refractivity (Wildman–Crippen MR) is 129 cm³/mol. The van der Waals surface area contributed by atoms with E-state index in [9.17, 15) is 8.42 Å². The van der Waals surface area contributed by atoms with Crippen molar-refractivity contribution in [3.05, 3.63) is 41.5 Å². The second-order valence-electron chi connectivity index (χ2n) is 7.77. The molecule has 168 valence electrons. The van der Waals surface area contributed by atoms with Crippen molar-refractivity contribution in [1.29, 1.82) is 0 Å². The quantitative estimate of drug-likeness (QED) is 0.440. The zero-order chi connectivity index (χ0) is 23.3. The van der Waals surface area contributed by atoms with Crippen LogP contribution in [0.4, 0.5) is 17.1 Å². The van der Waals surface area contributed by atoms with Gasteiger partial charge in [-0.1, -0.05) is 13.0 Å². The first kappa shape index (κ1) is 24.6. The van der Waals surface area contributed by atoms with Crippen LogP contribution in [0.1, 0.15) is 52.2 Å². The maximum Gasteiger partial charge on any atom is 0.238 e. The van der Waals surface area contributed by atoms with Crippen LogP contribution in [0, 0.1) is 13.8 Å². The average Bonchev–Trinajstić information content (AvgIpc) is 2.67. The third-order valence-electron chi connectivity index (χ3n) is 4.66. The molecule has 0 heterocycles. The molecule has 0 saturated heterocycles. The minimum Gasteiger partial charge on any atom is -0.489 e. The number of nitrogens with one attached hydrogen (secondary N) is 1. The minimum atomic E-state index is -3.85. The number of rotatable bonds is 7. The van der Waals surface area contributed by atoms with Crippen LogP contribution < -0.4 is 15.2 Å². The van der Waals surface area contributed by atoms with Crippen LogP contribution in [0.15, 0.2) is 45.2 Å². The third kappa shape index (κ3) is 6.63. The molecule has 0 radical (unpaired) electrons. The Hall–Kier alpha value is -2.71. The van der Waals surface area contributed by atoms with Crippen molar-refractivity contribution in [2.45, 2.75) is 65.9 Å². The number of aryl methyl sites for hydroxylation is 1. The summed E-state index contributed by atoms with van der Waals surface area (Å²) in [5.74, 6) is 1.10. The van der Waals surface area contributed by atoms with Gasteiger partial charge in [-0.3, -0.25) is 4.99 Å². The van der Waals surface area contributed by atoms with Crippen molar-refractivity contribution in [2.24, 2.45) is 15.1 Å². The Balaban J connectivity index is 2.49. The molecule has 31 heavy (non-hydrogen) atoms. The molecule has 2 aromatic rings. The van der Waals surface area contributed by atoms with Gasteiger partial charge < -0.3 is 10.1 Å². The van der Waals surface area contributed by atoms with E-state index >= 15 is 0 Å². The summed E-state index contributed by atoms with van der Waals surface area (Å²) in [5, 5.41) is 8.47. The largest absolute Gasteiger partial charge is 0.489 e. The zero-order valence-electron chi connectivity index (χ0n) is 19.3. The number of benzene rings is 2. The van der Waals surface area contributed by atoms with E-state index in [0.29, 0.717) is 17.3 Å².